The first kappa shape index (κ1) is 48.4. The normalized spacial score (nSPS) is 14.3. The van der Waals surface area contributed by atoms with Crippen LogP contribution in [0.2, 0.25) is 0 Å². The summed E-state index contributed by atoms with van der Waals surface area (Å²) in [5.41, 5.74) is 28.9. The highest BCUT2D eigenvalue weighted by Crippen LogP contribution is 2.59. The molecule has 15 aromatic carbocycles. The number of hydrogen-bond acceptors (Lipinski definition) is 6. The summed E-state index contributed by atoms with van der Waals surface area (Å²) < 4.78 is 7.88. The molecule has 0 aliphatic carbocycles. The second kappa shape index (κ2) is 17.6. The fourth-order valence-corrected chi connectivity index (χ4v) is 17.5. The summed E-state index contributed by atoms with van der Waals surface area (Å²) in [6, 6.07) is 110. The molecule has 0 bridgehead atoms. The fraction of sp³-hybridized carbons (Fsp3) is 0. The van der Waals surface area contributed by atoms with Crippen molar-refractivity contribution in [2.75, 3.05) is 24.5 Å². The number of ether oxygens (including phenoxy) is 1. The first-order valence-electron chi connectivity index (χ1n) is 31.8. The zero-order valence-corrected chi connectivity index (χ0v) is 49.1. The molecule has 22 rings (SSSR count). The van der Waals surface area contributed by atoms with Gasteiger partial charge in [0.05, 0.1) is 11.4 Å². The second-order valence-electron chi connectivity index (χ2n) is 25.4. The molecule has 0 saturated carbocycles. The fourth-order valence-electron chi connectivity index (χ4n) is 17.5. The van der Waals surface area contributed by atoms with Crippen molar-refractivity contribution in [3.8, 4) is 11.5 Å². The number of benzene rings is 15. The molecule has 0 saturated heterocycles. The summed E-state index contributed by atoms with van der Waals surface area (Å²) in [7, 11) is 0. The molecule has 91 heavy (non-hydrogen) atoms. The lowest BCUT2D eigenvalue weighted by Gasteiger charge is -2.53. The lowest BCUT2D eigenvalue weighted by Crippen LogP contribution is -2.69. The minimum Gasteiger partial charge on any atom is -0.452 e. The molecule has 7 aliphatic heterocycles. The average molecular weight is 1150 g/mol. The van der Waals surface area contributed by atoms with Crippen molar-refractivity contribution in [2.24, 2.45) is 0 Å². The summed E-state index contributed by atoms with van der Waals surface area (Å²) >= 11 is 0. The van der Waals surface area contributed by atoms with Crippen LogP contribution in [-0.2, 0) is 0 Å². The molecule has 0 spiro atoms. The van der Waals surface area contributed by atoms with Gasteiger partial charge in [-0.15, -0.1) is 0 Å². The van der Waals surface area contributed by atoms with E-state index >= 15 is 0 Å². The molecule has 0 unspecified atom stereocenters. The molecule has 9 heteroatoms. The maximum Gasteiger partial charge on any atom is 0.252 e. The van der Waals surface area contributed by atoms with Crippen molar-refractivity contribution in [2.45, 2.75) is 0 Å². The summed E-state index contributed by atoms with van der Waals surface area (Å²) in [5, 5.41) is 9.40. The highest BCUT2D eigenvalue weighted by molar-refractivity contribution is 7.06. The van der Waals surface area contributed by atoms with E-state index in [1.165, 1.54) is 110 Å². The Morgan fingerprint density at radius 3 is 0.956 bits per heavy atom. The SMILES string of the molecule is c1ccc(N2c3cc4c(cc3B3c5cc6ccccc6cc5N(c5ccccc5)c5cccc2c53)B2c3cc5ccccc5c5c3N3c6c2c(cc2c6B(c6cc7ccccc7cc6N2c2ccccc2)c2cc6ccccc6c(c23)O5)N4c2ccccc2)cc1. The Hall–Kier alpha value is -11.7. The summed E-state index contributed by atoms with van der Waals surface area (Å²) in [6.45, 7) is -0.516. The van der Waals surface area contributed by atoms with Gasteiger partial charge in [-0.25, -0.2) is 0 Å². The number of rotatable bonds is 4. The lowest BCUT2D eigenvalue weighted by atomic mass is 9.27. The zero-order chi connectivity index (χ0) is 58.9. The van der Waals surface area contributed by atoms with Gasteiger partial charge in [-0.05, 0) is 166 Å². The quantitative estimate of drug-likeness (QED) is 0.163. The molecular formula is C82H48B3N5O. The third-order valence-electron chi connectivity index (χ3n) is 21.0. The predicted octanol–water partition coefficient (Wildman–Crippen LogP) is 15.2. The molecule has 6 nitrogen and oxygen atoms in total. The molecule has 0 atom stereocenters. The van der Waals surface area contributed by atoms with Gasteiger partial charge < -0.3 is 29.2 Å². The van der Waals surface area contributed by atoms with Crippen LogP contribution in [0.25, 0.3) is 43.1 Å². The van der Waals surface area contributed by atoms with Gasteiger partial charge in [-0.2, -0.15) is 0 Å². The largest absolute Gasteiger partial charge is 0.452 e. The Morgan fingerprint density at radius 2 is 0.527 bits per heavy atom. The van der Waals surface area contributed by atoms with Crippen LogP contribution >= 0.6 is 0 Å². The minimum absolute atomic E-state index is 0.133. The second-order valence-corrected chi connectivity index (χ2v) is 25.4. The molecule has 416 valence electrons. The van der Waals surface area contributed by atoms with Crippen LogP contribution in [0.15, 0.2) is 291 Å². The van der Waals surface area contributed by atoms with E-state index in [2.05, 4.69) is 316 Å². The molecule has 0 fully saturated rings. The molecule has 15 aromatic rings. The molecule has 0 radical (unpaired) electrons. The number of hydrogen-bond donors (Lipinski definition) is 0. The first-order chi connectivity index (χ1) is 45.2. The van der Waals surface area contributed by atoms with Crippen molar-refractivity contribution in [3.63, 3.8) is 0 Å². The minimum atomic E-state index is -0.233. The van der Waals surface area contributed by atoms with E-state index in [0.29, 0.717) is 0 Å². The van der Waals surface area contributed by atoms with Gasteiger partial charge in [0.1, 0.15) is 0 Å². The van der Waals surface area contributed by atoms with Gasteiger partial charge in [0.2, 0.25) is 0 Å². The molecule has 0 N–H and O–H groups in total. The van der Waals surface area contributed by atoms with E-state index in [1.54, 1.807) is 0 Å². The van der Waals surface area contributed by atoms with E-state index in [1.807, 2.05) is 0 Å². The van der Waals surface area contributed by atoms with E-state index in [0.717, 1.165) is 78.8 Å². The van der Waals surface area contributed by atoms with Crippen molar-refractivity contribution in [1.82, 2.24) is 0 Å². The van der Waals surface area contributed by atoms with Gasteiger partial charge in [-0.3, -0.25) is 0 Å². The lowest BCUT2D eigenvalue weighted by molar-refractivity contribution is 0.489. The Kier molecular flexibility index (Phi) is 9.33. The topological polar surface area (TPSA) is 25.4 Å². The standard InChI is InChI=1S/C82H48B3N5O/c1-5-28-55(29-6-1)86-67-38-21-39-68-75(67)83(61-40-49-22-13-15-24-51(49)44-69(61)86)63-46-64-72(47-71(63)87(68)56-30-7-2-8-31-56)89(58-34-11-4-12-35-58)74-48-73-76-80-77(74)85(64)66-43-54-27-18-20-37-60(54)82-79(66)90(80)78-65(42-53-26-17-19-36-59(53)81(78)91-82)84(76)62-41-50-23-14-16-25-52(50)45-70(62)88(73)57-32-9-3-10-33-57/h1-48H. The number of para-hydroxylation sites is 4. The number of nitrogens with zero attached hydrogens (tertiary/aromatic N) is 5. The van der Waals surface area contributed by atoms with E-state index in [4.69, 9.17) is 4.74 Å². The zero-order valence-electron chi connectivity index (χ0n) is 49.1. The Labute approximate surface area is 526 Å². The molecular weight excluding hydrogens is 1100 g/mol. The van der Waals surface area contributed by atoms with Gasteiger partial charge in [0, 0.05) is 84.7 Å². The highest BCUT2D eigenvalue weighted by atomic mass is 16.5. The van der Waals surface area contributed by atoms with Gasteiger partial charge in [0.25, 0.3) is 20.1 Å². The van der Waals surface area contributed by atoms with Gasteiger partial charge in [0.15, 0.2) is 11.5 Å². The maximum atomic E-state index is 7.88. The van der Waals surface area contributed by atoms with Crippen LogP contribution < -0.4 is 78.4 Å². The predicted molar refractivity (Wildman–Crippen MR) is 384 cm³/mol. The average Bonchev–Trinajstić information content (AvgIpc) is 0.661. The van der Waals surface area contributed by atoms with Gasteiger partial charge in [-0.1, -0.05) is 206 Å². The van der Waals surface area contributed by atoms with E-state index in [9.17, 15) is 0 Å². The van der Waals surface area contributed by atoms with Crippen LogP contribution in [0.3, 0.4) is 0 Å². The Balaban J connectivity index is 0.915. The summed E-state index contributed by atoms with van der Waals surface area (Å²) in [4.78, 5) is 13.0. The van der Waals surface area contributed by atoms with Crippen LogP contribution in [0.1, 0.15) is 0 Å². The molecule has 0 aromatic heterocycles. The maximum absolute atomic E-state index is 7.88. The Bertz CT molecular complexity index is 5770. The number of fused-ring (bicyclic) bond motifs is 16. The molecule has 0 amide bonds. The van der Waals surface area contributed by atoms with E-state index in [-0.39, 0.29) is 20.1 Å². The summed E-state index contributed by atoms with van der Waals surface area (Å²) in [5.74, 6) is 1.81. The van der Waals surface area contributed by atoms with Crippen molar-refractivity contribution in [1.29, 1.82) is 0 Å². The van der Waals surface area contributed by atoms with Crippen molar-refractivity contribution >= 4 is 198 Å². The highest BCUT2D eigenvalue weighted by Gasteiger charge is 2.56. The van der Waals surface area contributed by atoms with Gasteiger partial charge >= 0.3 is 0 Å². The third kappa shape index (κ3) is 6.25. The smallest absolute Gasteiger partial charge is 0.252 e. The number of anilines is 15. The summed E-state index contributed by atoms with van der Waals surface area (Å²) in [6.07, 6.45) is 0. The first-order valence-corrected chi connectivity index (χ1v) is 31.8. The van der Waals surface area contributed by atoms with Crippen LogP contribution in [0, 0.1) is 0 Å². The Morgan fingerprint density at radius 1 is 0.209 bits per heavy atom. The third-order valence-corrected chi connectivity index (χ3v) is 21.0. The molecule has 7 aliphatic rings. The molecule has 7 heterocycles. The van der Waals surface area contributed by atoms with Crippen molar-refractivity contribution < 1.29 is 4.74 Å². The van der Waals surface area contributed by atoms with E-state index < -0.39 is 0 Å². The van der Waals surface area contributed by atoms with Crippen molar-refractivity contribution in [3.05, 3.63) is 291 Å². The van der Waals surface area contributed by atoms with Crippen LogP contribution in [0.4, 0.5) is 85.3 Å². The van der Waals surface area contributed by atoms with Crippen LogP contribution in [0.5, 0.6) is 11.5 Å². The monoisotopic (exact) mass is 1150 g/mol. The van der Waals surface area contributed by atoms with Crippen LogP contribution in [-0.4, -0.2) is 20.1 Å².